The molecule has 0 amide bonds. The molecule has 0 saturated heterocycles. The predicted molar refractivity (Wildman–Crippen MR) is 147 cm³/mol. The highest BCUT2D eigenvalue weighted by Gasteiger charge is 2.57. The molecule has 2 nitrogen and oxygen atoms in total. The zero-order chi connectivity index (χ0) is 24.5. The Morgan fingerprint density at radius 2 is 1.29 bits per heavy atom. The first-order valence-electron chi connectivity index (χ1n) is 15.4. The molecular formula is C33H52O2. The summed E-state index contributed by atoms with van der Waals surface area (Å²) in [6, 6.07) is 8.82. The summed E-state index contributed by atoms with van der Waals surface area (Å²) in [5.41, 5.74) is 2.47. The summed E-state index contributed by atoms with van der Waals surface area (Å²) < 4.78 is 0. The van der Waals surface area contributed by atoms with Gasteiger partial charge >= 0.3 is 0 Å². The molecule has 3 unspecified atom stereocenters. The van der Waals surface area contributed by atoms with Crippen LogP contribution in [0.4, 0.5) is 0 Å². The average molecular weight is 481 g/mol. The van der Waals surface area contributed by atoms with Crippen molar-refractivity contribution in [2.45, 2.75) is 147 Å². The Labute approximate surface area is 215 Å². The van der Waals surface area contributed by atoms with Crippen LogP contribution in [0, 0.1) is 17.8 Å². The van der Waals surface area contributed by atoms with E-state index in [1.807, 2.05) is 0 Å². The lowest BCUT2D eigenvalue weighted by atomic mass is 9.46. The van der Waals surface area contributed by atoms with E-state index in [0.29, 0.717) is 18.1 Å². The van der Waals surface area contributed by atoms with Gasteiger partial charge in [0.05, 0.1) is 6.10 Å². The van der Waals surface area contributed by atoms with E-state index in [1.54, 1.807) is 0 Å². The smallest absolute Gasteiger partial charge is 0.137 e. The fourth-order valence-corrected chi connectivity index (χ4v) is 8.03. The minimum absolute atomic E-state index is 0.00801. The summed E-state index contributed by atoms with van der Waals surface area (Å²) in [7, 11) is 0. The van der Waals surface area contributed by atoms with Crippen molar-refractivity contribution >= 4 is 5.78 Å². The number of aliphatic hydroxyl groups is 1. The summed E-state index contributed by atoms with van der Waals surface area (Å²) in [6.45, 7) is 2.28. The maximum atomic E-state index is 12.5. The molecule has 4 fully saturated rings. The highest BCUT2D eigenvalue weighted by molar-refractivity contribution is 5.80. The number of benzene rings is 1. The number of aliphatic hydroxyl groups excluding tert-OH is 1. The van der Waals surface area contributed by atoms with Crippen LogP contribution < -0.4 is 0 Å². The van der Waals surface area contributed by atoms with Crippen molar-refractivity contribution in [1.29, 1.82) is 0 Å². The first-order chi connectivity index (χ1) is 17.1. The van der Waals surface area contributed by atoms with E-state index in [1.165, 1.54) is 115 Å². The Hall–Kier alpha value is -1.15. The van der Waals surface area contributed by atoms with E-state index in [9.17, 15) is 9.90 Å². The Morgan fingerprint density at radius 3 is 1.83 bits per heavy atom. The third kappa shape index (κ3) is 7.21. The quantitative estimate of drug-likeness (QED) is 0.226. The maximum Gasteiger partial charge on any atom is 0.137 e. The summed E-state index contributed by atoms with van der Waals surface area (Å²) in [6.07, 6.45) is 24.8. The van der Waals surface area contributed by atoms with Crippen LogP contribution in [-0.4, -0.2) is 17.0 Å². The molecular weight excluding hydrogens is 428 g/mol. The minimum Gasteiger partial charge on any atom is -0.392 e. The number of hydrogen-bond acceptors (Lipinski definition) is 2. The lowest BCUT2D eigenvalue weighted by molar-refractivity contribution is -0.118. The number of hydrogen-bond donors (Lipinski definition) is 1. The van der Waals surface area contributed by atoms with E-state index in [2.05, 4.69) is 31.2 Å². The van der Waals surface area contributed by atoms with Gasteiger partial charge in [-0.25, -0.2) is 0 Å². The predicted octanol–water partition coefficient (Wildman–Crippen LogP) is 8.72. The van der Waals surface area contributed by atoms with Gasteiger partial charge in [0.25, 0.3) is 0 Å². The van der Waals surface area contributed by atoms with E-state index >= 15 is 0 Å². The molecule has 4 bridgehead atoms. The van der Waals surface area contributed by atoms with Gasteiger partial charge in [-0.15, -0.1) is 0 Å². The Kier molecular flexibility index (Phi) is 10.3. The number of Topliss-reactive ketones (excluding diaryl/α,β-unsaturated/α-hetero) is 1. The SMILES string of the molecule is CCCCCCCCCCCCCCCC(=O)Cc1ccc(C23CC4CC(CC(C4)C2O)C3)cc1. The Balaban J connectivity index is 1.07. The largest absolute Gasteiger partial charge is 0.392 e. The molecule has 3 atom stereocenters. The molecule has 0 aromatic heterocycles. The Bertz CT molecular complexity index is 752. The van der Waals surface area contributed by atoms with Gasteiger partial charge in [-0.05, 0) is 67.4 Å². The van der Waals surface area contributed by atoms with Gasteiger partial charge in [0.2, 0.25) is 0 Å². The summed E-state index contributed by atoms with van der Waals surface area (Å²) in [5.74, 6) is 2.54. The normalized spacial score (nSPS) is 29.1. The van der Waals surface area contributed by atoms with Crippen LogP contribution in [0.1, 0.15) is 140 Å². The molecule has 2 heteroatoms. The molecule has 1 aromatic carbocycles. The molecule has 196 valence electrons. The number of carbonyl (C=O) groups is 1. The molecule has 0 spiro atoms. The summed E-state index contributed by atoms with van der Waals surface area (Å²) in [4.78, 5) is 12.5. The van der Waals surface area contributed by atoms with Gasteiger partial charge in [0.15, 0.2) is 0 Å². The van der Waals surface area contributed by atoms with Crippen molar-refractivity contribution in [3.05, 3.63) is 35.4 Å². The van der Waals surface area contributed by atoms with Crippen molar-refractivity contribution in [1.82, 2.24) is 0 Å². The van der Waals surface area contributed by atoms with E-state index in [-0.39, 0.29) is 11.5 Å². The van der Waals surface area contributed by atoms with Gasteiger partial charge in [-0.1, -0.05) is 108 Å². The van der Waals surface area contributed by atoms with Crippen molar-refractivity contribution in [2.24, 2.45) is 17.8 Å². The van der Waals surface area contributed by atoms with Crippen molar-refractivity contribution in [2.75, 3.05) is 0 Å². The molecule has 0 aliphatic heterocycles. The van der Waals surface area contributed by atoms with Crippen molar-refractivity contribution in [3.8, 4) is 0 Å². The summed E-state index contributed by atoms with van der Waals surface area (Å²) >= 11 is 0. The monoisotopic (exact) mass is 480 g/mol. The molecule has 0 heterocycles. The second-order valence-electron chi connectivity index (χ2n) is 12.6. The lowest BCUT2D eigenvalue weighted by Crippen LogP contribution is -2.58. The molecule has 35 heavy (non-hydrogen) atoms. The number of rotatable bonds is 17. The van der Waals surface area contributed by atoms with Crippen LogP contribution in [0.2, 0.25) is 0 Å². The van der Waals surface area contributed by atoms with E-state index in [4.69, 9.17) is 0 Å². The second-order valence-corrected chi connectivity index (χ2v) is 12.6. The third-order valence-corrected chi connectivity index (χ3v) is 9.75. The topological polar surface area (TPSA) is 37.3 Å². The van der Waals surface area contributed by atoms with Crippen molar-refractivity contribution in [3.63, 3.8) is 0 Å². The average Bonchev–Trinajstić information content (AvgIpc) is 2.85. The fraction of sp³-hybridized carbons (Fsp3) is 0.788. The molecule has 0 radical (unpaired) electrons. The molecule has 4 saturated carbocycles. The Morgan fingerprint density at radius 1 is 0.771 bits per heavy atom. The molecule has 1 aromatic rings. The highest BCUT2D eigenvalue weighted by atomic mass is 16.3. The van der Waals surface area contributed by atoms with Crippen LogP contribution in [0.3, 0.4) is 0 Å². The van der Waals surface area contributed by atoms with Gasteiger partial charge < -0.3 is 5.11 Å². The number of unbranched alkanes of at least 4 members (excludes halogenated alkanes) is 12. The first-order valence-corrected chi connectivity index (χ1v) is 15.4. The van der Waals surface area contributed by atoms with Gasteiger partial charge in [0.1, 0.15) is 5.78 Å². The maximum absolute atomic E-state index is 12.5. The zero-order valence-electron chi connectivity index (χ0n) is 22.6. The van der Waals surface area contributed by atoms with Crippen molar-refractivity contribution < 1.29 is 9.90 Å². The second kappa shape index (κ2) is 13.4. The van der Waals surface area contributed by atoms with E-state index in [0.717, 1.165) is 30.2 Å². The molecule has 1 N–H and O–H groups in total. The third-order valence-electron chi connectivity index (χ3n) is 9.75. The standard InChI is InChI=1S/C33H52O2/c1-2-3-4-5-6-7-8-9-10-11-12-13-14-15-31(34)23-26-16-18-30(19-17-26)33-24-27-20-28(25-33)22-29(21-27)32(33)35/h16-19,27-29,32,35H,2-15,20-25H2,1H3. The minimum atomic E-state index is -0.168. The van der Waals surface area contributed by atoms with Gasteiger partial charge in [-0.3, -0.25) is 4.79 Å². The van der Waals surface area contributed by atoms with Crippen LogP contribution in [0.5, 0.6) is 0 Å². The van der Waals surface area contributed by atoms with E-state index < -0.39 is 0 Å². The van der Waals surface area contributed by atoms with Crippen LogP contribution in [0.15, 0.2) is 24.3 Å². The summed E-state index contributed by atoms with van der Waals surface area (Å²) in [5, 5.41) is 11.1. The van der Waals surface area contributed by atoms with Crippen LogP contribution >= 0.6 is 0 Å². The molecule has 5 rings (SSSR count). The number of ketones is 1. The highest BCUT2D eigenvalue weighted by Crippen LogP contribution is 2.60. The number of carbonyl (C=O) groups excluding carboxylic acids is 1. The zero-order valence-corrected chi connectivity index (χ0v) is 22.6. The lowest BCUT2D eigenvalue weighted by Gasteiger charge is -2.59. The van der Waals surface area contributed by atoms with Crippen LogP contribution in [0.25, 0.3) is 0 Å². The van der Waals surface area contributed by atoms with Gasteiger partial charge in [-0.2, -0.15) is 0 Å². The first kappa shape index (κ1) is 26.9. The molecule has 4 aliphatic carbocycles. The molecule has 4 aliphatic rings. The fourth-order valence-electron chi connectivity index (χ4n) is 8.03. The van der Waals surface area contributed by atoms with Crippen LogP contribution in [-0.2, 0) is 16.6 Å². The van der Waals surface area contributed by atoms with Gasteiger partial charge in [0, 0.05) is 18.3 Å².